The Balaban J connectivity index is 1.70. The molecule has 0 atom stereocenters. The Hall–Kier alpha value is -2.54. The molecule has 140 valence electrons. The van der Waals surface area contributed by atoms with Gasteiger partial charge in [0.15, 0.2) is 5.96 Å². The lowest BCUT2D eigenvalue weighted by molar-refractivity contribution is -0.120. The molecule has 0 radical (unpaired) electrons. The largest absolute Gasteiger partial charge is 0.497 e. The summed E-state index contributed by atoms with van der Waals surface area (Å²) < 4.78 is 5.12. The highest BCUT2D eigenvalue weighted by molar-refractivity contribution is 7.11. The molecule has 1 aromatic carbocycles. The number of methoxy groups -OCH3 is 1. The number of hydrogen-bond donors (Lipinski definition) is 3. The van der Waals surface area contributed by atoms with Gasteiger partial charge in [-0.3, -0.25) is 9.79 Å². The summed E-state index contributed by atoms with van der Waals surface area (Å²) in [5.74, 6) is 1.32. The van der Waals surface area contributed by atoms with Crippen LogP contribution >= 0.6 is 11.3 Å². The first-order valence-corrected chi connectivity index (χ1v) is 9.38. The molecule has 0 aliphatic carbocycles. The maximum atomic E-state index is 12.0. The van der Waals surface area contributed by atoms with Crippen LogP contribution < -0.4 is 20.7 Å². The van der Waals surface area contributed by atoms with Crippen LogP contribution in [-0.4, -0.2) is 32.6 Å². The van der Waals surface area contributed by atoms with E-state index in [9.17, 15) is 4.79 Å². The van der Waals surface area contributed by atoms with Crippen molar-refractivity contribution in [2.24, 2.45) is 4.99 Å². The van der Waals surface area contributed by atoms with Gasteiger partial charge >= 0.3 is 0 Å². The van der Waals surface area contributed by atoms with Crippen LogP contribution in [0.4, 0.5) is 0 Å². The van der Waals surface area contributed by atoms with E-state index in [-0.39, 0.29) is 12.5 Å². The zero-order valence-corrected chi connectivity index (χ0v) is 16.3. The minimum Gasteiger partial charge on any atom is -0.497 e. The highest BCUT2D eigenvalue weighted by Crippen LogP contribution is 2.16. The fraction of sp³-hybridized carbons (Fsp3) is 0.368. The molecule has 0 spiro atoms. The second-order valence-corrected chi connectivity index (χ2v) is 6.88. The van der Waals surface area contributed by atoms with Gasteiger partial charge in [-0.25, -0.2) is 0 Å². The molecular weight excluding hydrogens is 348 g/mol. The van der Waals surface area contributed by atoms with Crippen molar-refractivity contribution in [3.63, 3.8) is 0 Å². The third-order valence-corrected chi connectivity index (χ3v) is 5.01. The normalized spacial score (nSPS) is 11.1. The van der Waals surface area contributed by atoms with Crippen LogP contribution in [0, 0.1) is 0 Å². The number of carbonyl (C=O) groups excluding carboxylic acids is 1. The number of rotatable bonds is 8. The maximum absolute atomic E-state index is 12.0. The van der Waals surface area contributed by atoms with E-state index in [4.69, 9.17) is 4.74 Å². The van der Waals surface area contributed by atoms with Gasteiger partial charge in [0.1, 0.15) is 5.75 Å². The maximum Gasteiger partial charge on any atom is 0.239 e. The Bertz CT molecular complexity index is 725. The van der Waals surface area contributed by atoms with E-state index in [1.54, 1.807) is 25.5 Å². The number of thiophene rings is 1. The number of hydrogen-bond acceptors (Lipinski definition) is 4. The van der Waals surface area contributed by atoms with Crippen molar-refractivity contribution in [3.8, 4) is 5.75 Å². The predicted molar refractivity (Wildman–Crippen MR) is 107 cm³/mol. The number of aryl methyl sites for hydroxylation is 1. The van der Waals surface area contributed by atoms with E-state index in [0.717, 1.165) is 17.7 Å². The lowest BCUT2D eigenvalue weighted by atomic mass is 10.2. The molecule has 1 amide bonds. The molecule has 0 saturated heterocycles. The molecule has 0 aliphatic rings. The van der Waals surface area contributed by atoms with Crippen LogP contribution in [0.15, 0.2) is 41.4 Å². The van der Waals surface area contributed by atoms with Crippen LogP contribution in [-0.2, 0) is 24.3 Å². The van der Waals surface area contributed by atoms with Crippen molar-refractivity contribution in [2.75, 3.05) is 20.7 Å². The Morgan fingerprint density at radius 3 is 2.38 bits per heavy atom. The number of nitrogens with zero attached hydrogens (tertiary/aromatic N) is 1. The number of benzene rings is 1. The zero-order valence-electron chi connectivity index (χ0n) is 15.5. The number of nitrogens with one attached hydrogen (secondary N) is 3. The first-order chi connectivity index (χ1) is 12.6. The molecule has 0 bridgehead atoms. The summed E-state index contributed by atoms with van der Waals surface area (Å²) in [6, 6.07) is 11.9. The zero-order chi connectivity index (χ0) is 18.8. The molecular formula is C19H26N4O2S. The van der Waals surface area contributed by atoms with Crippen molar-refractivity contribution < 1.29 is 9.53 Å². The summed E-state index contributed by atoms with van der Waals surface area (Å²) in [5, 5.41) is 9.12. The minimum absolute atomic E-state index is 0.0897. The van der Waals surface area contributed by atoms with Crippen LogP contribution in [0.5, 0.6) is 5.75 Å². The number of amides is 1. The summed E-state index contributed by atoms with van der Waals surface area (Å²) in [6.07, 6.45) is 1.05. The number of guanidine groups is 1. The van der Waals surface area contributed by atoms with Gasteiger partial charge in [0.05, 0.1) is 20.2 Å². The van der Waals surface area contributed by atoms with E-state index in [0.29, 0.717) is 19.0 Å². The molecule has 6 nitrogen and oxygen atoms in total. The molecule has 2 rings (SSSR count). The third kappa shape index (κ3) is 6.40. The second kappa shape index (κ2) is 10.5. The van der Waals surface area contributed by atoms with Gasteiger partial charge in [-0.2, -0.15) is 0 Å². The van der Waals surface area contributed by atoms with Gasteiger partial charge in [-0.15, -0.1) is 11.3 Å². The van der Waals surface area contributed by atoms with Crippen LogP contribution in [0.25, 0.3) is 0 Å². The van der Waals surface area contributed by atoms with E-state index in [2.05, 4.69) is 40.0 Å². The number of carbonyl (C=O) groups is 1. The number of aliphatic imine (C=N–C) groups is 1. The van der Waals surface area contributed by atoms with Crippen molar-refractivity contribution in [1.82, 2.24) is 16.0 Å². The van der Waals surface area contributed by atoms with Gasteiger partial charge in [0.2, 0.25) is 5.91 Å². The van der Waals surface area contributed by atoms with E-state index in [1.165, 1.54) is 9.75 Å². The highest BCUT2D eigenvalue weighted by atomic mass is 32.1. The lowest BCUT2D eigenvalue weighted by Crippen LogP contribution is -2.42. The van der Waals surface area contributed by atoms with E-state index >= 15 is 0 Å². The predicted octanol–water partition coefficient (Wildman–Crippen LogP) is 2.30. The first kappa shape index (κ1) is 19.8. The van der Waals surface area contributed by atoms with Crippen LogP contribution in [0.2, 0.25) is 0 Å². The molecule has 0 saturated carbocycles. The molecule has 7 heteroatoms. The summed E-state index contributed by atoms with van der Waals surface area (Å²) >= 11 is 1.78. The second-order valence-electron chi connectivity index (χ2n) is 5.63. The van der Waals surface area contributed by atoms with Gasteiger partial charge in [0, 0.05) is 23.3 Å². The summed E-state index contributed by atoms with van der Waals surface area (Å²) in [6.45, 7) is 3.48. The Kier molecular flexibility index (Phi) is 7.95. The summed E-state index contributed by atoms with van der Waals surface area (Å²) in [5.41, 5.74) is 1.02. The Morgan fingerprint density at radius 2 is 1.77 bits per heavy atom. The third-order valence-electron chi connectivity index (χ3n) is 3.78. The van der Waals surface area contributed by atoms with Gasteiger partial charge in [0.25, 0.3) is 0 Å². The molecule has 2 aromatic rings. The molecule has 1 aromatic heterocycles. The molecule has 0 fully saturated rings. The molecule has 0 aliphatic heterocycles. The monoisotopic (exact) mass is 374 g/mol. The quantitative estimate of drug-likeness (QED) is 0.490. The fourth-order valence-electron chi connectivity index (χ4n) is 2.27. The summed E-state index contributed by atoms with van der Waals surface area (Å²) in [4.78, 5) is 18.7. The minimum atomic E-state index is -0.0897. The van der Waals surface area contributed by atoms with Crippen molar-refractivity contribution in [2.45, 2.75) is 26.4 Å². The lowest BCUT2D eigenvalue weighted by Gasteiger charge is -2.11. The van der Waals surface area contributed by atoms with Crippen molar-refractivity contribution in [3.05, 3.63) is 51.7 Å². The van der Waals surface area contributed by atoms with Crippen molar-refractivity contribution >= 4 is 23.2 Å². The molecule has 3 N–H and O–H groups in total. The van der Waals surface area contributed by atoms with Gasteiger partial charge < -0.3 is 20.7 Å². The molecule has 0 unspecified atom stereocenters. The Morgan fingerprint density at radius 1 is 1.04 bits per heavy atom. The van der Waals surface area contributed by atoms with E-state index in [1.807, 2.05) is 24.3 Å². The van der Waals surface area contributed by atoms with Gasteiger partial charge in [-0.1, -0.05) is 19.1 Å². The van der Waals surface area contributed by atoms with Crippen LogP contribution in [0.1, 0.15) is 22.2 Å². The molecule has 1 heterocycles. The Labute approximate surface area is 158 Å². The highest BCUT2D eigenvalue weighted by Gasteiger charge is 2.05. The van der Waals surface area contributed by atoms with Gasteiger partial charge in [-0.05, 0) is 36.2 Å². The van der Waals surface area contributed by atoms with Crippen LogP contribution in [0.3, 0.4) is 0 Å². The topological polar surface area (TPSA) is 74.8 Å². The van der Waals surface area contributed by atoms with E-state index < -0.39 is 0 Å². The van der Waals surface area contributed by atoms with Crippen molar-refractivity contribution in [1.29, 1.82) is 0 Å². The fourth-order valence-corrected chi connectivity index (χ4v) is 3.17. The summed E-state index contributed by atoms with van der Waals surface area (Å²) in [7, 11) is 3.32. The molecule has 26 heavy (non-hydrogen) atoms. The SMILES string of the molecule is CCc1ccc(CNC(=NC)NCC(=O)NCc2ccc(OC)cc2)s1. The standard InChI is InChI=1S/C19H26N4O2S/c1-4-16-9-10-17(26-16)12-22-19(20-2)23-13-18(24)21-11-14-5-7-15(25-3)8-6-14/h5-10H,4,11-13H2,1-3H3,(H,21,24)(H2,20,22,23). The average molecular weight is 375 g/mol. The average Bonchev–Trinajstić information content (AvgIpc) is 3.15. The smallest absolute Gasteiger partial charge is 0.239 e. The first-order valence-electron chi connectivity index (χ1n) is 8.56. The number of ether oxygens (including phenoxy) is 1.